The molecule has 126 valence electrons. The summed E-state index contributed by atoms with van der Waals surface area (Å²) in [6.07, 6.45) is 0.0918. The van der Waals surface area contributed by atoms with E-state index >= 15 is 0 Å². The third-order valence-corrected chi connectivity index (χ3v) is 3.18. The monoisotopic (exact) mass is 335 g/mol. The summed E-state index contributed by atoms with van der Waals surface area (Å²) in [6.45, 7) is -1.25. The highest BCUT2D eigenvalue weighted by Crippen LogP contribution is 2.22. The number of hydrogen-bond acceptors (Lipinski definition) is 7. The van der Waals surface area contributed by atoms with Gasteiger partial charge in [0, 0.05) is 18.9 Å². The Morgan fingerprint density at radius 1 is 1.21 bits per heavy atom. The van der Waals surface area contributed by atoms with Gasteiger partial charge in [-0.2, -0.15) is 0 Å². The van der Waals surface area contributed by atoms with E-state index in [1.165, 1.54) is 24.3 Å². The first kappa shape index (κ1) is 17.1. The number of amides is 3. The quantitative estimate of drug-likeness (QED) is 0.340. The molecule has 0 spiro atoms. The van der Waals surface area contributed by atoms with Crippen molar-refractivity contribution in [2.75, 3.05) is 18.5 Å². The molecule has 0 bridgehead atoms. The molecule has 24 heavy (non-hydrogen) atoms. The molecule has 3 amide bonds. The van der Waals surface area contributed by atoms with Gasteiger partial charge in [0.1, 0.15) is 12.2 Å². The summed E-state index contributed by atoms with van der Waals surface area (Å²) in [5, 5.41) is 13.1. The van der Waals surface area contributed by atoms with E-state index in [9.17, 15) is 29.3 Å². The standard InChI is InChI=1S/C14H13N3O7/c18-11(15-9-3-1-2-4-10(9)17(22)23)8-24-14(21)7-16-12(19)5-6-13(16)20/h1-4H,5-8H2,(H,15,18). The van der Waals surface area contributed by atoms with Crippen molar-refractivity contribution >= 4 is 35.1 Å². The third-order valence-electron chi connectivity index (χ3n) is 3.18. The summed E-state index contributed by atoms with van der Waals surface area (Å²) in [6, 6.07) is 5.49. The summed E-state index contributed by atoms with van der Waals surface area (Å²) in [7, 11) is 0. The lowest BCUT2D eigenvalue weighted by Gasteiger charge is -2.12. The van der Waals surface area contributed by atoms with E-state index in [2.05, 4.69) is 10.1 Å². The number of ether oxygens (including phenoxy) is 1. The molecule has 1 heterocycles. The predicted molar refractivity (Wildman–Crippen MR) is 78.6 cm³/mol. The van der Waals surface area contributed by atoms with Crippen molar-refractivity contribution in [1.82, 2.24) is 4.90 Å². The second-order valence-electron chi connectivity index (χ2n) is 4.86. The number of carbonyl (C=O) groups is 4. The van der Waals surface area contributed by atoms with Crippen LogP contribution >= 0.6 is 0 Å². The van der Waals surface area contributed by atoms with Crippen molar-refractivity contribution in [2.24, 2.45) is 0 Å². The number of nitro benzene ring substituents is 1. The van der Waals surface area contributed by atoms with Crippen molar-refractivity contribution in [2.45, 2.75) is 12.8 Å². The number of benzene rings is 1. The highest BCUT2D eigenvalue weighted by molar-refractivity contribution is 6.04. The number of nitrogens with zero attached hydrogens (tertiary/aromatic N) is 2. The van der Waals surface area contributed by atoms with E-state index in [1.807, 2.05) is 0 Å². The molecule has 1 aliphatic heterocycles. The fourth-order valence-corrected chi connectivity index (χ4v) is 2.04. The third kappa shape index (κ3) is 4.12. The molecule has 1 aromatic rings. The lowest BCUT2D eigenvalue weighted by atomic mass is 10.2. The Hall–Kier alpha value is -3.30. The van der Waals surface area contributed by atoms with Gasteiger partial charge in [0.15, 0.2) is 6.61 Å². The van der Waals surface area contributed by atoms with Crippen molar-refractivity contribution in [3.8, 4) is 0 Å². The highest BCUT2D eigenvalue weighted by atomic mass is 16.6. The Bertz CT molecular complexity index is 700. The van der Waals surface area contributed by atoms with E-state index in [0.29, 0.717) is 0 Å². The molecule has 1 aromatic carbocycles. The van der Waals surface area contributed by atoms with Crippen LogP contribution in [0.1, 0.15) is 12.8 Å². The second kappa shape index (κ2) is 7.31. The van der Waals surface area contributed by atoms with Crippen LogP contribution in [0.4, 0.5) is 11.4 Å². The van der Waals surface area contributed by atoms with Gasteiger partial charge in [-0.15, -0.1) is 0 Å². The number of likely N-dealkylation sites (tertiary alicyclic amines) is 1. The molecule has 2 rings (SSSR count). The number of anilines is 1. The van der Waals surface area contributed by atoms with Gasteiger partial charge in [-0.25, -0.2) is 0 Å². The van der Waals surface area contributed by atoms with E-state index in [-0.39, 0.29) is 24.2 Å². The average molecular weight is 335 g/mol. The number of carbonyl (C=O) groups excluding carboxylic acids is 4. The van der Waals surface area contributed by atoms with Crippen molar-refractivity contribution in [3.05, 3.63) is 34.4 Å². The molecule has 1 fully saturated rings. The zero-order chi connectivity index (χ0) is 17.7. The molecular weight excluding hydrogens is 322 g/mol. The summed E-state index contributed by atoms with van der Waals surface area (Å²) in [5.74, 6) is -2.64. The first-order valence-corrected chi connectivity index (χ1v) is 6.90. The fraction of sp³-hybridized carbons (Fsp3) is 0.286. The molecule has 10 nitrogen and oxygen atoms in total. The lowest BCUT2D eigenvalue weighted by molar-refractivity contribution is -0.383. The first-order chi connectivity index (χ1) is 11.4. The summed E-state index contributed by atoms with van der Waals surface area (Å²) in [5.41, 5.74) is -0.334. The minimum Gasteiger partial charge on any atom is -0.454 e. The number of rotatable bonds is 6. The van der Waals surface area contributed by atoms with Crippen LogP contribution in [-0.4, -0.2) is 46.7 Å². The SMILES string of the molecule is O=C(COC(=O)CN1C(=O)CCC1=O)Nc1ccccc1[N+](=O)[O-]. The number of imide groups is 1. The van der Waals surface area contributed by atoms with Crippen LogP contribution in [0.5, 0.6) is 0 Å². The van der Waals surface area contributed by atoms with Gasteiger partial charge in [-0.05, 0) is 6.07 Å². The summed E-state index contributed by atoms with van der Waals surface area (Å²) in [4.78, 5) is 56.9. The van der Waals surface area contributed by atoms with Gasteiger partial charge in [0.25, 0.3) is 11.6 Å². The van der Waals surface area contributed by atoms with Crippen LogP contribution < -0.4 is 5.32 Å². The maximum Gasteiger partial charge on any atom is 0.326 e. The van der Waals surface area contributed by atoms with Crippen LogP contribution in [-0.2, 0) is 23.9 Å². The van der Waals surface area contributed by atoms with Gasteiger partial charge >= 0.3 is 5.97 Å². The molecule has 1 aliphatic rings. The largest absolute Gasteiger partial charge is 0.454 e. The predicted octanol–water partition coefficient (Wildman–Crippen LogP) is 0.225. The summed E-state index contributed by atoms with van der Waals surface area (Å²) < 4.78 is 4.67. The van der Waals surface area contributed by atoms with Crippen LogP contribution in [0, 0.1) is 10.1 Å². The Kier molecular flexibility index (Phi) is 5.20. The first-order valence-electron chi connectivity index (χ1n) is 6.90. The van der Waals surface area contributed by atoms with Crippen molar-refractivity contribution < 1.29 is 28.8 Å². The second-order valence-corrected chi connectivity index (χ2v) is 4.86. The molecule has 1 N–H and O–H groups in total. The minimum absolute atomic E-state index is 0.0338. The van der Waals surface area contributed by atoms with Gasteiger partial charge in [0.05, 0.1) is 4.92 Å². The fourth-order valence-electron chi connectivity index (χ4n) is 2.04. The molecule has 0 aliphatic carbocycles. The Morgan fingerprint density at radius 3 is 2.46 bits per heavy atom. The number of hydrogen-bond donors (Lipinski definition) is 1. The van der Waals surface area contributed by atoms with E-state index in [4.69, 9.17) is 0 Å². The van der Waals surface area contributed by atoms with Crippen molar-refractivity contribution in [1.29, 1.82) is 0 Å². The molecule has 0 radical (unpaired) electrons. The normalized spacial score (nSPS) is 13.8. The maximum absolute atomic E-state index is 11.7. The number of nitrogens with one attached hydrogen (secondary N) is 1. The Balaban J connectivity index is 1.85. The van der Waals surface area contributed by atoms with Gasteiger partial charge < -0.3 is 10.1 Å². The number of nitro groups is 1. The van der Waals surface area contributed by atoms with Gasteiger partial charge in [-0.3, -0.25) is 34.2 Å². The lowest BCUT2D eigenvalue weighted by Crippen LogP contribution is -2.36. The van der Waals surface area contributed by atoms with Crippen LogP contribution in [0.2, 0.25) is 0 Å². The molecular formula is C14H13N3O7. The van der Waals surface area contributed by atoms with Crippen LogP contribution in [0.3, 0.4) is 0 Å². The molecule has 0 aromatic heterocycles. The van der Waals surface area contributed by atoms with Gasteiger partial charge in [0.2, 0.25) is 11.8 Å². The van der Waals surface area contributed by atoms with E-state index in [1.54, 1.807) is 0 Å². The molecule has 0 atom stereocenters. The molecule has 0 saturated carbocycles. The van der Waals surface area contributed by atoms with E-state index < -0.39 is 41.8 Å². The topological polar surface area (TPSA) is 136 Å². The Morgan fingerprint density at radius 2 is 1.83 bits per heavy atom. The number of para-hydroxylation sites is 2. The van der Waals surface area contributed by atoms with Crippen LogP contribution in [0.15, 0.2) is 24.3 Å². The Labute approximate surface area is 135 Å². The highest BCUT2D eigenvalue weighted by Gasteiger charge is 2.31. The average Bonchev–Trinajstić information content (AvgIpc) is 2.85. The van der Waals surface area contributed by atoms with Crippen molar-refractivity contribution in [3.63, 3.8) is 0 Å². The molecule has 0 unspecified atom stereocenters. The molecule has 1 saturated heterocycles. The van der Waals surface area contributed by atoms with Crippen LogP contribution in [0.25, 0.3) is 0 Å². The van der Waals surface area contributed by atoms with Gasteiger partial charge in [-0.1, -0.05) is 12.1 Å². The smallest absolute Gasteiger partial charge is 0.326 e. The number of esters is 1. The van der Waals surface area contributed by atoms with E-state index in [0.717, 1.165) is 4.90 Å². The minimum atomic E-state index is -0.920. The maximum atomic E-state index is 11.7. The summed E-state index contributed by atoms with van der Waals surface area (Å²) >= 11 is 0. The molecule has 10 heteroatoms. The zero-order valence-corrected chi connectivity index (χ0v) is 12.4. The zero-order valence-electron chi connectivity index (χ0n) is 12.4.